The lowest BCUT2D eigenvalue weighted by molar-refractivity contribution is 1.06. The lowest BCUT2D eigenvalue weighted by atomic mass is 10.1. The summed E-state index contributed by atoms with van der Waals surface area (Å²) in [6.45, 7) is 3.83. The van der Waals surface area contributed by atoms with Crippen LogP contribution < -0.4 is 5.73 Å². The van der Waals surface area contributed by atoms with Crippen LogP contribution in [0.25, 0.3) is 22.2 Å². The molecule has 0 aliphatic heterocycles. The van der Waals surface area contributed by atoms with Gasteiger partial charge in [0.2, 0.25) is 0 Å². The van der Waals surface area contributed by atoms with E-state index < -0.39 is 0 Å². The van der Waals surface area contributed by atoms with Crippen molar-refractivity contribution in [3.05, 3.63) is 47.9 Å². The van der Waals surface area contributed by atoms with Crippen LogP contribution in [0.1, 0.15) is 11.4 Å². The highest BCUT2D eigenvalue weighted by Gasteiger charge is 2.09. The maximum absolute atomic E-state index is 5.96. The van der Waals surface area contributed by atoms with Gasteiger partial charge in [-0.05, 0) is 26.0 Å². The number of fused-ring (bicyclic) bond motifs is 1. The molecule has 0 atom stereocenters. The summed E-state index contributed by atoms with van der Waals surface area (Å²) in [6.07, 6.45) is 1.79. The van der Waals surface area contributed by atoms with Gasteiger partial charge >= 0.3 is 0 Å². The summed E-state index contributed by atoms with van der Waals surface area (Å²) in [7, 11) is 0. The fraction of sp³-hybridized carbons (Fsp3) is 0.133. The molecule has 0 aliphatic rings. The highest BCUT2D eigenvalue weighted by molar-refractivity contribution is 5.84. The SMILES string of the molecule is Cc1nc(N)c(-c2cnc3ccccc3c2)nc1C. The van der Waals surface area contributed by atoms with Gasteiger partial charge in [-0.15, -0.1) is 0 Å². The Labute approximate surface area is 111 Å². The second-order valence-electron chi connectivity index (χ2n) is 4.54. The zero-order chi connectivity index (χ0) is 13.4. The second-order valence-corrected chi connectivity index (χ2v) is 4.54. The van der Waals surface area contributed by atoms with E-state index >= 15 is 0 Å². The fourth-order valence-corrected chi connectivity index (χ4v) is 2.03. The first-order valence-corrected chi connectivity index (χ1v) is 6.11. The molecule has 0 aliphatic carbocycles. The third-order valence-corrected chi connectivity index (χ3v) is 3.20. The number of nitrogens with zero attached hydrogens (tertiary/aromatic N) is 3. The minimum absolute atomic E-state index is 0.445. The van der Waals surface area contributed by atoms with Gasteiger partial charge in [-0.3, -0.25) is 4.98 Å². The molecule has 1 aromatic carbocycles. The lowest BCUT2D eigenvalue weighted by Crippen LogP contribution is -2.02. The summed E-state index contributed by atoms with van der Waals surface area (Å²) >= 11 is 0. The van der Waals surface area contributed by atoms with E-state index in [0.717, 1.165) is 27.9 Å². The Morgan fingerprint density at radius 1 is 1.00 bits per heavy atom. The maximum Gasteiger partial charge on any atom is 0.150 e. The summed E-state index contributed by atoms with van der Waals surface area (Å²) in [6, 6.07) is 10.0. The molecule has 94 valence electrons. The number of benzene rings is 1. The number of aryl methyl sites for hydroxylation is 2. The first kappa shape index (κ1) is 11.6. The van der Waals surface area contributed by atoms with E-state index in [0.29, 0.717) is 11.5 Å². The molecule has 3 rings (SSSR count). The highest BCUT2D eigenvalue weighted by Crippen LogP contribution is 2.25. The van der Waals surface area contributed by atoms with Crippen molar-refractivity contribution < 1.29 is 0 Å². The van der Waals surface area contributed by atoms with Crippen molar-refractivity contribution in [1.82, 2.24) is 15.0 Å². The van der Waals surface area contributed by atoms with E-state index in [1.54, 1.807) is 6.20 Å². The Bertz CT molecular complexity index is 765. The van der Waals surface area contributed by atoms with Gasteiger partial charge in [0.1, 0.15) is 11.5 Å². The van der Waals surface area contributed by atoms with E-state index in [2.05, 4.69) is 15.0 Å². The van der Waals surface area contributed by atoms with Gasteiger partial charge in [-0.1, -0.05) is 18.2 Å². The molecule has 0 saturated carbocycles. The highest BCUT2D eigenvalue weighted by atomic mass is 14.9. The quantitative estimate of drug-likeness (QED) is 0.721. The minimum atomic E-state index is 0.445. The van der Waals surface area contributed by atoms with Gasteiger partial charge in [-0.25, -0.2) is 9.97 Å². The molecule has 2 N–H and O–H groups in total. The molecule has 4 heteroatoms. The van der Waals surface area contributed by atoms with Crippen LogP contribution in [0.2, 0.25) is 0 Å². The Hall–Kier alpha value is -2.49. The van der Waals surface area contributed by atoms with Gasteiger partial charge in [0.05, 0.1) is 16.9 Å². The van der Waals surface area contributed by atoms with Crippen LogP contribution in [0.15, 0.2) is 36.5 Å². The predicted octanol–water partition coefficient (Wildman–Crippen LogP) is 2.89. The minimum Gasteiger partial charge on any atom is -0.382 e. The number of pyridine rings is 1. The number of hydrogen-bond acceptors (Lipinski definition) is 4. The number of anilines is 1. The number of rotatable bonds is 1. The summed E-state index contributed by atoms with van der Waals surface area (Å²) in [4.78, 5) is 13.3. The predicted molar refractivity (Wildman–Crippen MR) is 76.7 cm³/mol. The Kier molecular flexibility index (Phi) is 2.63. The van der Waals surface area contributed by atoms with Crippen LogP contribution in [0.5, 0.6) is 0 Å². The van der Waals surface area contributed by atoms with Gasteiger partial charge < -0.3 is 5.73 Å². The molecule has 0 spiro atoms. The zero-order valence-corrected chi connectivity index (χ0v) is 10.9. The third-order valence-electron chi connectivity index (χ3n) is 3.20. The van der Waals surface area contributed by atoms with Crippen LogP contribution in [-0.2, 0) is 0 Å². The molecule has 0 amide bonds. The smallest absolute Gasteiger partial charge is 0.150 e. The average molecular weight is 250 g/mol. The molecule has 2 heterocycles. The summed E-state index contributed by atoms with van der Waals surface area (Å²) < 4.78 is 0. The van der Waals surface area contributed by atoms with E-state index in [1.807, 2.05) is 44.2 Å². The van der Waals surface area contributed by atoms with Crippen molar-refractivity contribution in [3.8, 4) is 11.3 Å². The Morgan fingerprint density at radius 3 is 2.58 bits per heavy atom. The first-order valence-electron chi connectivity index (χ1n) is 6.11. The molecule has 0 fully saturated rings. The van der Waals surface area contributed by atoms with Crippen LogP contribution in [-0.4, -0.2) is 15.0 Å². The van der Waals surface area contributed by atoms with E-state index in [4.69, 9.17) is 5.73 Å². The molecule has 4 nitrogen and oxygen atoms in total. The van der Waals surface area contributed by atoms with Crippen molar-refractivity contribution in [3.63, 3.8) is 0 Å². The monoisotopic (exact) mass is 250 g/mol. The molecular weight excluding hydrogens is 236 g/mol. The number of aromatic nitrogens is 3. The van der Waals surface area contributed by atoms with Gasteiger partial charge in [-0.2, -0.15) is 0 Å². The molecule has 0 bridgehead atoms. The van der Waals surface area contributed by atoms with E-state index in [-0.39, 0.29) is 0 Å². The average Bonchev–Trinajstić information content (AvgIpc) is 2.42. The van der Waals surface area contributed by atoms with Crippen LogP contribution in [0.4, 0.5) is 5.82 Å². The molecule has 3 aromatic rings. The largest absolute Gasteiger partial charge is 0.382 e. The zero-order valence-electron chi connectivity index (χ0n) is 10.9. The van der Waals surface area contributed by atoms with Crippen LogP contribution in [0, 0.1) is 13.8 Å². The number of hydrogen-bond donors (Lipinski definition) is 1. The molecule has 0 unspecified atom stereocenters. The molecule has 2 aromatic heterocycles. The van der Waals surface area contributed by atoms with Crippen molar-refractivity contribution in [2.45, 2.75) is 13.8 Å². The number of nitrogen functional groups attached to an aromatic ring is 1. The molecule has 0 radical (unpaired) electrons. The summed E-state index contributed by atoms with van der Waals surface area (Å²) in [5.74, 6) is 0.445. The van der Waals surface area contributed by atoms with Crippen molar-refractivity contribution in [1.29, 1.82) is 0 Å². The van der Waals surface area contributed by atoms with Crippen LogP contribution >= 0.6 is 0 Å². The van der Waals surface area contributed by atoms with Crippen molar-refractivity contribution >= 4 is 16.7 Å². The second kappa shape index (κ2) is 4.31. The number of para-hydroxylation sites is 1. The fourth-order valence-electron chi connectivity index (χ4n) is 2.03. The van der Waals surface area contributed by atoms with Crippen molar-refractivity contribution in [2.75, 3.05) is 5.73 Å². The Balaban J connectivity index is 2.21. The number of nitrogens with two attached hydrogens (primary N) is 1. The standard InChI is InChI=1S/C15H14N4/c1-9-10(2)19-15(16)14(18-9)12-7-11-5-3-4-6-13(11)17-8-12/h3-8H,1-2H3,(H2,16,19). The molecule has 19 heavy (non-hydrogen) atoms. The Morgan fingerprint density at radius 2 is 1.74 bits per heavy atom. The summed E-state index contributed by atoms with van der Waals surface area (Å²) in [5, 5.41) is 1.07. The van der Waals surface area contributed by atoms with E-state index in [9.17, 15) is 0 Å². The normalized spacial score (nSPS) is 10.8. The first-order chi connectivity index (χ1) is 9.15. The van der Waals surface area contributed by atoms with Gasteiger partial charge in [0, 0.05) is 17.1 Å². The molecular formula is C15H14N4. The maximum atomic E-state index is 5.96. The van der Waals surface area contributed by atoms with Crippen LogP contribution in [0.3, 0.4) is 0 Å². The van der Waals surface area contributed by atoms with E-state index in [1.165, 1.54) is 0 Å². The lowest BCUT2D eigenvalue weighted by Gasteiger charge is -2.08. The van der Waals surface area contributed by atoms with Gasteiger partial charge in [0.15, 0.2) is 0 Å². The topological polar surface area (TPSA) is 64.7 Å². The molecule has 0 saturated heterocycles. The van der Waals surface area contributed by atoms with Crippen molar-refractivity contribution in [2.24, 2.45) is 0 Å². The third kappa shape index (κ3) is 2.01. The van der Waals surface area contributed by atoms with Gasteiger partial charge in [0.25, 0.3) is 0 Å². The summed E-state index contributed by atoms with van der Waals surface area (Å²) in [5.41, 5.74) is 10.3.